The van der Waals surface area contributed by atoms with Crippen molar-refractivity contribution in [2.75, 3.05) is 19.1 Å². The molecule has 0 bridgehead atoms. The first kappa shape index (κ1) is 12.2. The van der Waals surface area contributed by atoms with Crippen LogP contribution in [0.2, 0.25) is 0 Å². The number of hydrogen-bond acceptors (Lipinski definition) is 4. The Balaban J connectivity index is 2.70. The summed E-state index contributed by atoms with van der Waals surface area (Å²) in [5.41, 5.74) is 2.12. The fourth-order valence-corrected chi connectivity index (χ4v) is 1.83. The van der Waals surface area contributed by atoms with Gasteiger partial charge in [0.15, 0.2) is 0 Å². The second-order valence-electron chi connectivity index (χ2n) is 3.64. The van der Waals surface area contributed by atoms with Crippen molar-refractivity contribution in [3.8, 4) is 0 Å². The van der Waals surface area contributed by atoms with Crippen molar-refractivity contribution < 1.29 is 8.42 Å². The molecule has 1 aromatic heterocycles. The Labute approximate surface area is 90.4 Å². The Morgan fingerprint density at radius 2 is 2.20 bits per heavy atom. The Morgan fingerprint density at radius 3 is 2.73 bits per heavy atom. The lowest BCUT2D eigenvalue weighted by Gasteiger charge is -2.04. The number of rotatable bonds is 5. The molecule has 0 fully saturated rings. The van der Waals surface area contributed by atoms with Gasteiger partial charge in [0.1, 0.15) is 9.84 Å². The van der Waals surface area contributed by atoms with Crippen molar-refractivity contribution in [3.05, 3.63) is 17.5 Å². The van der Waals surface area contributed by atoms with Gasteiger partial charge in [-0.15, -0.1) is 0 Å². The topological polar surface area (TPSA) is 64.0 Å². The zero-order chi connectivity index (χ0) is 11.5. The van der Waals surface area contributed by atoms with Crippen molar-refractivity contribution >= 4 is 9.84 Å². The van der Waals surface area contributed by atoms with Gasteiger partial charge in [0.05, 0.1) is 18.5 Å². The van der Waals surface area contributed by atoms with Crippen molar-refractivity contribution in [2.45, 2.75) is 20.0 Å². The zero-order valence-corrected chi connectivity index (χ0v) is 10.1. The molecule has 0 spiro atoms. The predicted octanol–water partition coefficient (Wildman–Crippen LogP) is -0.0445. The third kappa shape index (κ3) is 3.64. The molecule has 1 heterocycles. The van der Waals surface area contributed by atoms with Crippen LogP contribution in [-0.2, 0) is 22.9 Å². The van der Waals surface area contributed by atoms with Crippen molar-refractivity contribution in [2.24, 2.45) is 0 Å². The summed E-state index contributed by atoms with van der Waals surface area (Å²) in [6, 6.07) is 0. The molecule has 15 heavy (non-hydrogen) atoms. The summed E-state index contributed by atoms with van der Waals surface area (Å²) in [6.07, 6.45) is 3.01. The summed E-state index contributed by atoms with van der Waals surface area (Å²) in [6.45, 7) is 3.13. The number of aryl methyl sites for hydroxylation is 1. The summed E-state index contributed by atoms with van der Waals surface area (Å²) in [5, 5.41) is 7.19. The normalized spacial score (nSPS) is 11.9. The highest BCUT2D eigenvalue weighted by molar-refractivity contribution is 7.90. The van der Waals surface area contributed by atoms with E-state index >= 15 is 0 Å². The zero-order valence-electron chi connectivity index (χ0n) is 9.32. The van der Waals surface area contributed by atoms with E-state index in [1.165, 1.54) is 6.26 Å². The van der Waals surface area contributed by atoms with E-state index < -0.39 is 9.84 Å². The smallest absolute Gasteiger partial charge is 0.149 e. The molecular weight excluding hydrogens is 214 g/mol. The standard InChI is InChI=1S/C9H17N3O2S/c1-8-9(6-10-2)7-11-12(8)4-5-15(3,13)14/h7,10H,4-6H2,1-3H3. The van der Waals surface area contributed by atoms with E-state index in [0.717, 1.165) is 17.8 Å². The Morgan fingerprint density at radius 1 is 1.53 bits per heavy atom. The summed E-state index contributed by atoms with van der Waals surface area (Å²) < 4.78 is 23.7. The average molecular weight is 231 g/mol. The molecule has 1 rings (SSSR count). The van der Waals surface area contributed by atoms with Crippen LogP contribution in [0.4, 0.5) is 0 Å². The molecule has 0 radical (unpaired) electrons. The molecule has 0 saturated heterocycles. The van der Waals surface area contributed by atoms with E-state index in [9.17, 15) is 8.42 Å². The van der Waals surface area contributed by atoms with Crippen molar-refractivity contribution in [3.63, 3.8) is 0 Å². The van der Waals surface area contributed by atoms with Gasteiger partial charge < -0.3 is 5.32 Å². The number of nitrogens with one attached hydrogen (secondary N) is 1. The summed E-state index contributed by atoms with van der Waals surface area (Å²) in [5.74, 6) is 0.133. The van der Waals surface area contributed by atoms with Gasteiger partial charge in [0.2, 0.25) is 0 Å². The molecule has 1 aromatic rings. The molecule has 5 nitrogen and oxygen atoms in total. The van der Waals surface area contributed by atoms with Gasteiger partial charge in [0, 0.05) is 24.1 Å². The molecule has 0 aromatic carbocycles. The second-order valence-corrected chi connectivity index (χ2v) is 5.90. The number of aromatic nitrogens is 2. The van der Waals surface area contributed by atoms with Crippen LogP contribution in [0.15, 0.2) is 6.20 Å². The molecule has 0 aliphatic carbocycles. The molecule has 0 unspecified atom stereocenters. The fraction of sp³-hybridized carbons (Fsp3) is 0.667. The SMILES string of the molecule is CNCc1cnn(CCS(C)(=O)=O)c1C. The lowest BCUT2D eigenvalue weighted by molar-refractivity contribution is 0.582. The highest BCUT2D eigenvalue weighted by Gasteiger charge is 2.08. The largest absolute Gasteiger partial charge is 0.316 e. The maximum Gasteiger partial charge on any atom is 0.149 e. The van der Waals surface area contributed by atoms with Crippen LogP contribution < -0.4 is 5.32 Å². The quantitative estimate of drug-likeness (QED) is 0.772. The molecule has 0 atom stereocenters. The van der Waals surface area contributed by atoms with Crippen molar-refractivity contribution in [1.82, 2.24) is 15.1 Å². The first-order valence-corrected chi connectivity index (χ1v) is 6.83. The summed E-state index contributed by atoms with van der Waals surface area (Å²) in [7, 11) is -1.05. The lowest BCUT2D eigenvalue weighted by atomic mass is 10.2. The van der Waals surface area contributed by atoms with Crippen LogP contribution in [-0.4, -0.2) is 37.3 Å². The molecule has 1 N–H and O–H groups in total. The van der Waals surface area contributed by atoms with E-state index in [1.807, 2.05) is 14.0 Å². The van der Waals surface area contributed by atoms with Crippen LogP contribution in [0.3, 0.4) is 0 Å². The van der Waals surface area contributed by atoms with E-state index in [-0.39, 0.29) is 5.75 Å². The first-order chi connectivity index (χ1) is 6.94. The molecule has 86 valence electrons. The Kier molecular flexibility index (Phi) is 3.87. The number of hydrogen-bond donors (Lipinski definition) is 1. The number of sulfone groups is 1. The van der Waals surface area contributed by atoms with Gasteiger partial charge in [0.25, 0.3) is 0 Å². The van der Waals surface area contributed by atoms with E-state index in [1.54, 1.807) is 10.9 Å². The first-order valence-electron chi connectivity index (χ1n) is 4.77. The summed E-state index contributed by atoms with van der Waals surface area (Å²) >= 11 is 0. The van der Waals surface area contributed by atoms with Crippen molar-refractivity contribution in [1.29, 1.82) is 0 Å². The molecule has 6 heteroatoms. The van der Waals surface area contributed by atoms with Crippen LogP contribution in [0.5, 0.6) is 0 Å². The average Bonchev–Trinajstić information content (AvgIpc) is 2.45. The van der Waals surface area contributed by atoms with Gasteiger partial charge in [-0.1, -0.05) is 0 Å². The highest BCUT2D eigenvalue weighted by Crippen LogP contribution is 2.06. The Bertz CT molecular complexity index is 423. The van der Waals surface area contributed by atoms with Crippen LogP contribution >= 0.6 is 0 Å². The van der Waals surface area contributed by atoms with E-state index in [2.05, 4.69) is 10.4 Å². The molecule has 0 saturated carbocycles. The van der Waals surface area contributed by atoms with Gasteiger partial charge >= 0.3 is 0 Å². The fourth-order valence-electron chi connectivity index (χ4n) is 1.33. The van der Waals surface area contributed by atoms with E-state index in [4.69, 9.17) is 0 Å². The van der Waals surface area contributed by atoms with Crippen LogP contribution in [0.25, 0.3) is 0 Å². The van der Waals surface area contributed by atoms with Gasteiger partial charge in [-0.3, -0.25) is 4.68 Å². The second kappa shape index (κ2) is 4.76. The minimum atomic E-state index is -2.92. The molecule has 0 aliphatic rings. The van der Waals surface area contributed by atoms with Crippen LogP contribution in [0.1, 0.15) is 11.3 Å². The summed E-state index contributed by atoms with van der Waals surface area (Å²) in [4.78, 5) is 0. The maximum atomic E-state index is 11.0. The monoisotopic (exact) mass is 231 g/mol. The third-order valence-electron chi connectivity index (χ3n) is 2.25. The minimum Gasteiger partial charge on any atom is -0.316 e. The lowest BCUT2D eigenvalue weighted by Crippen LogP contribution is -2.14. The maximum absolute atomic E-state index is 11.0. The molecule has 0 amide bonds. The van der Waals surface area contributed by atoms with Crippen LogP contribution in [0, 0.1) is 6.92 Å². The van der Waals surface area contributed by atoms with E-state index in [0.29, 0.717) is 6.54 Å². The third-order valence-corrected chi connectivity index (χ3v) is 3.17. The minimum absolute atomic E-state index is 0.133. The van der Waals surface area contributed by atoms with Gasteiger partial charge in [-0.2, -0.15) is 5.10 Å². The Hall–Kier alpha value is -0.880. The van der Waals surface area contributed by atoms with Gasteiger partial charge in [-0.25, -0.2) is 8.42 Å². The van der Waals surface area contributed by atoms with Gasteiger partial charge in [-0.05, 0) is 14.0 Å². The molecular formula is C9H17N3O2S. The molecule has 0 aliphatic heterocycles. The highest BCUT2D eigenvalue weighted by atomic mass is 32.2. The predicted molar refractivity (Wildman–Crippen MR) is 59.4 cm³/mol. The number of nitrogens with zero attached hydrogens (tertiary/aromatic N) is 2.